The fourth-order valence-electron chi connectivity index (χ4n) is 1.94. The molecule has 19 heavy (non-hydrogen) atoms. The SMILES string of the molecule is COc1ccc(N=O)cc1OC[C@H](O)CN1CCC1. The van der Waals surface area contributed by atoms with Crippen LogP contribution in [0.1, 0.15) is 6.42 Å². The van der Waals surface area contributed by atoms with Crippen LogP contribution in [0.4, 0.5) is 5.69 Å². The van der Waals surface area contributed by atoms with Gasteiger partial charge in [-0.3, -0.25) is 0 Å². The molecule has 0 radical (unpaired) electrons. The van der Waals surface area contributed by atoms with Crippen molar-refractivity contribution >= 4 is 5.69 Å². The quantitative estimate of drug-likeness (QED) is 0.758. The van der Waals surface area contributed by atoms with E-state index >= 15 is 0 Å². The lowest BCUT2D eigenvalue weighted by molar-refractivity contribution is 0.0460. The van der Waals surface area contributed by atoms with E-state index in [1.54, 1.807) is 12.1 Å². The number of ether oxygens (including phenoxy) is 2. The van der Waals surface area contributed by atoms with Crippen molar-refractivity contribution in [3.8, 4) is 11.5 Å². The summed E-state index contributed by atoms with van der Waals surface area (Å²) in [7, 11) is 1.52. The molecule has 1 saturated heterocycles. The normalized spacial score (nSPS) is 16.5. The van der Waals surface area contributed by atoms with Gasteiger partial charge in [-0.1, -0.05) is 0 Å². The van der Waals surface area contributed by atoms with E-state index in [4.69, 9.17) is 9.47 Å². The molecule has 6 heteroatoms. The monoisotopic (exact) mass is 266 g/mol. The first-order valence-electron chi connectivity index (χ1n) is 6.27. The summed E-state index contributed by atoms with van der Waals surface area (Å²) in [6.45, 7) is 2.83. The Kier molecular flexibility index (Phi) is 4.70. The summed E-state index contributed by atoms with van der Waals surface area (Å²) in [4.78, 5) is 12.6. The second kappa shape index (κ2) is 6.49. The molecule has 104 valence electrons. The van der Waals surface area contributed by atoms with Gasteiger partial charge < -0.3 is 19.5 Å². The van der Waals surface area contributed by atoms with Crippen LogP contribution < -0.4 is 9.47 Å². The van der Waals surface area contributed by atoms with Crippen molar-refractivity contribution in [2.24, 2.45) is 5.18 Å². The summed E-state index contributed by atoms with van der Waals surface area (Å²) >= 11 is 0. The molecule has 0 aromatic heterocycles. The minimum absolute atomic E-state index is 0.162. The van der Waals surface area contributed by atoms with Gasteiger partial charge in [0, 0.05) is 12.6 Å². The van der Waals surface area contributed by atoms with Gasteiger partial charge in [0.2, 0.25) is 0 Å². The molecule has 1 aromatic rings. The number of nitrogens with zero attached hydrogens (tertiary/aromatic N) is 2. The van der Waals surface area contributed by atoms with Crippen molar-refractivity contribution in [3.63, 3.8) is 0 Å². The number of rotatable bonds is 7. The van der Waals surface area contributed by atoms with Crippen molar-refractivity contribution in [1.82, 2.24) is 4.90 Å². The zero-order valence-electron chi connectivity index (χ0n) is 10.9. The number of methoxy groups -OCH3 is 1. The lowest BCUT2D eigenvalue weighted by Crippen LogP contribution is -2.43. The Morgan fingerprint density at radius 1 is 1.42 bits per heavy atom. The van der Waals surface area contributed by atoms with Crippen LogP contribution in [0.3, 0.4) is 0 Å². The first-order chi connectivity index (χ1) is 9.22. The molecule has 0 unspecified atom stereocenters. The zero-order valence-corrected chi connectivity index (χ0v) is 10.9. The van der Waals surface area contributed by atoms with E-state index in [-0.39, 0.29) is 12.3 Å². The highest BCUT2D eigenvalue weighted by Crippen LogP contribution is 2.31. The highest BCUT2D eigenvalue weighted by molar-refractivity contribution is 5.51. The third-order valence-electron chi connectivity index (χ3n) is 3.10. The minimum Gasteiger partial charge on any atom is -0.493 e. The van der Waals surface area contributed by atoms with E-state index in [1.165, 1.54) is 19.6 Å². The zero-order chi connectivity index (χ0) is 13.7. The molecular formula is C13H18N2O4. The van der Waals surface area contributed by atoms with E-state index in [1.807, 2.05) is 0 Å². The Morgan fingerprint density at radius 2 is 2.21 bits per heavy atom. The third-order valence-corrected chi connectivity index (χ3v) is 3.10. The van der Waals surface area contributed by atoms with Gasteiger partial charge in [0.1, 0.15) is 18.4 Å². The van der Waals surface area contributed by atoms with Crippen molar-refractivity contribution in [2.45, 2.75) is 12.5 Å². The van der Waals surface area contributed by atoms with Gasteiger partial charge in [-0.05, 0) is 36.8 Å². The van der Waals surface area contributed by atoms with Crippen molar-refractivity contribution in [3.05, 3.63) is 23.1 Å². The summed E-state index contributed by atoms with van der Waals surface area (Å²) < 4.78 is 10.6. The van der Waals surface area contributed by atoms with Crippen LogP contribution in [-0.4, -0.2) is 49.5 Å². The molecule has 0 bridgehead atoms. The van der Waals surface area contributed by atoms with Crippen LogP contribution in [0.25, 0.3) is 0 Å². The molecule has 0 saturated carbocycles. The Morgan fingerprint density at radius 3 is 2.79 bits per heavy atom. The molecule has 0 amide bonds. The average Bonchev–Trinajstić information content (AvgIpc) is 2.40. The fraction of sp³-hybridized carbons (Fsp3) is 0.538. The first kappa shape index (κ1) is 13.8. The van der Waals surface area contributed by atoms with Gasteiger partial charge in [0.05, 0.1) is 7.11 Å². The van der Waals surface area contributed by atoms with E-state index in [2.05, 4.69) is 10.1 Å². The molecule has 1 aliphatic heterocycles. The van der Waals surface area contributed by atoms with E-state index in [0.717, 1.165) is 13.1 Å². The summed E-state index contributed by atoms with van der Waals surface area (Å²) in [5.41, 5.74) is 0.271. The van der Waals surface area contributed by atoms with Crippen LogP contribution in [0.5, 0.6) is 11.5 Å². The van der Waals surface area contributed by atoms with Gasteiger partial charge in [-0.15, -0.1) is 4.91 Å². The molecule has 6 nitrogen and oxygen atoms in total. The summed E-state index contributed by atoms with van der Waals surface area (Å²) in [5, 5.41) is 12.7. The number of nitroso groups, excluding NO2 is 1. The third kappa shape index (κ3) is 3.65. The number of benzene rings is 1. The maximum absolute atomic E-state index is 10.5. The van der Waals surface area contributed by atoms with Crippen LogP contribution in [0, 0.1) is 4.91 Å². The maximum Gasteiger partial charge on any atom is 0.163 e. The Balaban J connectivity index is 1.91. The predicted molar refractivity (Wildman–Crippen MR) is 71.0 cm³/mol. The topological polar surface area (TPSA) is 71.4 Å². The van der Waals surface area contributed by atoms with Crippen molar-refractivity contribution in [1.29, 1.82) is 0 Å². The van der Waals surface area contributed by atoms with Crippen molar-refractivity contribution in [2.75, 3.05) is 33.4 Å². The molecule has 0 spiro atoms. The van der Waals surface area contributed by atoms with E-state index in [9.17, 15) is 10.0 Å². The van der Waals surface area contributed by atoms with Crippen molar-refractivity contribution < 1.29 is 14.6 Å². The predicted octanol–water partition coefficient (Wildman–Crippen LogP) is 1.54. The number of hydrogen-bond acceptors (Lipinski definition) is 6. The largest absolute Gasteiger partial charge is 0.493 e. The van der Waals surface area contributed by atoms with Crippen LogP contribution in [0.2, 0.25) is 0 Å². The molecule has 2 rings (SSSR count). The molecule has 1 aliphatic rings. The van der Waals surface area contributed by atoms with Gasteiger partial charge in [0.15, 0.2) is 11.5 Å². The highest BCUT2D eigenvalue weighted by Gasteiger charge is 2.18. The van der Waals surface area contributed by atoms with Gasteiger partial charge in [-0.25, -0.2) is 0 Å². The maximum atomic E-state index is 10.5. The minimum atomic E-state index is -0.558. The summed E-state index contributed by atoms with van der Waals surface area (Å²) in [5.74, 6) is 0.936. The number of β-amino-alcohol motifs (C(OH)–C–C–N with tert-alkyl or cyclic N) is 1. The number of aliphatic hydroxyl groups excluding tert-OH is 1. The standard InChI is InChI=1S/C13H18N2O4/c1-18-12-4-3-10(14-17)7-13(12)19-9-11(16)8-15-5-2-6-15/h3-4,7,11,16H,2,5-6,8-9H2,1H3/t11-/m1/s1. The molecule has 1 N–H and O–H groups in total. The number of aliphatic hydroxyl groups is 1. The molecule has 1 fully saturated rings. The van der Waals surface area contributed by atoms with Crippen LogP contribution >= 0.6 is 0 Å². The Hall–Kier alpha value is -1.66. The van der Waals surface area contributed by atoms with Gasteiger partial charge in [-0.2, -0.15) is 0 Å². The molecule has 1 atom stereocenters. The van der Waals surface area contributed by atoms with Crippen LogP contribution in [0.15, 0.2) is 23.4 Å². The molecular weight excluding hydrogens is 248 g/mol. The summed E-state index contributed by atoms with van der Waals surface area (Å²) in [6.07, 6.45) is 0.631. The van der Waals surface area contributed by atoms with Gasteiger partial charge in [0.25, 0.3) is 0 Å². The molecule has 1 aromatic carbocycles. The number of likely N-dealkylation sites (tertiary alicyclic amines) is 1. The smallest absolute Gasteiger partial charge is 0.163 e. The molecule has 0 aliphatic carbocycles. The van der Waals surface area contributed by atoms with E-state index < -0.39 is 6.10 Å². The van der Waals surface area contributed by atoms with E-state index in [0.29, 0.717) is 18.0 Å². The fourth-order valence-corrected chi connectivity index (χ4v) is 1.94. The lowest BCUT2D eigenvalue weighted by Gasteiger charge is -2.32. The average molecular weight is 266 g/mol. The summed E-state index contributed by atoms with van der Waals surface area (Å²) in [6, 6.07) is 4.67. The first-order valence-corrected chi connectivity index (χ1v) is 6.27. The Bertz CT molecular complexity index is 435. The highest BCUT2D eigenvalue weighted by atomic mass is 16.5. The van der Waals surface area contributed by atoms with Crippen LogP contribution in [-0.2, 0) is 0 Å². The lowest BCUT2D eigenvalue weighted by atomic mass is 10.2. The second-order valence-electron chi connectivity index (χ2n) is 4.55. The van der Waals surface area contributed by atoms with Gasteiger partial charge >= 0.3 is 0 Å². The number of hydrogen-bond donors (Lipinski definition) is 1. The second-order valence-corrected chi connectivity index (χ2v) is 4.55. The molecule has 1 heterocycles. The Labute approximate surface area is 111 Å².